The molecular formula is C16H11N3. The molecule has 0 saturated heterocycles. The number of nitrogens with zero attached hydrogens (tertiary/aromatic N) is 2. The molecule has 0 aliphatic carbocycles. The predicted molar refractivity (Wildman–Crippen MR) is 76.2 cm³/mol. The lowest BCUT2D eigenvalue weighted by molar-refractivity contribution is 1.26. The molecule has 0 aliphatic heterocycles. The van der Waals surface area contributed by atoms with E-state index in [0.717, 1.165) is 5.69 Å². The maximum absolute atomic E-state index is 8.83. The molecule has 0 radical (unpaired) electrons. The second-order valence-corrected chi connectivity index (χ2v) is 4.21. The maximum atomic E-state index is 8.83. The fourth-order valence-electron chi connectivity index (χ4n) is 1.98. The van der Waals surface area contributed by atoms with Crippen LogP contribution in [0.3, 0.4) is 0 Å². The van der Waals surface area contributed by atoms with Gasteiger partial charge in [-0.2, -0.15) is 5.26 Å². The number of hydrogen-bond donors (Lipinski definition) is 1. The van der Waals surface area contributed by atoms with Crippen LogP contribution in [0.2, 0.25) is 0 Å². The second-order valence-electron chi connectivity index (χ2n) is 4.21. The lowest BCUT2D eigenvalue weighted by atomic mass is 10.1. The number of fused-ring (bicyclic) bond motifs is 1. The van der Waals surface area contributed by atoms with E-state index in [1.807, 2.05) is 36.4 Å². The highest BCUT2D eigenvalue weighted by atomic mass is 15.0. The van der Waals surface area contributed by atoms with Crippen LogP contribution in [-0.2, 0) is 0 Å². The summed E-state index contributed by atoms with van der Waals surface area (Å²) < 4.78 is 0. The summed E-state index contributed by atoms with van der Waals surface area (Å²) in [5.74, 6) is 0.675. The van der Waals surface area contributed by atoms with Crippen molar-refractivity contribution in [2.45, 2.75) is 0 Å². The Bertz CT molecular complexity index is 772. The number of rotatable bonds is 2. The first-order valence-corrected chi connectivity index (χ1v) is 5.98. The zero-order valence-electron chi connectivity index (χ0n) is 10.2. The van der Waals surface area contributed by atoms with Gasteiger partial charge < -0.3 is 5.32 Å². The van der Waals surface area contributed by atoms with E-state index in [1.54, 1.807) is 6.07 Å². The molecule has 1 N–H and O–H groups in total. The quantitative estimate of drug-likeness (QED) is 0.746. The van der Waals surface area contributed by atoms with E-state index in [4.69, 9.17) is 5.26 Å². The van der Waals surface area contributed by atoms with Crippen LogP contribution in [-0.4, -0.2) is 4.98 Å². The topological polar surface area (TPSA) is 48.7 Å². The van der Waals surface area contributed by atoms with Gasteiger partial charge in [0, 0.05) is 5.69 Å². The van der Waals surface area contributed by atoms with Gasteiger partial charge in [0.15, 0.2) is 0 Å². The van der Waals surface area contributed by atoms with Crippen molar-refractivity contribution in [3.8, 4) is 6.07 Å². The largest absolute Gasteiger partial charge is 0.340 e. The molecule has 0 saturated carbocycles. The summed E-state index contributed by atoms with van der Waals surface area (Å²) in [6.07, 6.45) is 0. The molecule has 0 aliphatic rings. The monoisotopic (exact) mass is 245 g/mol. The number of hydrogen-bond acceptors (Lipinski definition) is 3. The van der Waals surface area contributed by atoms with E-state index >= 15 is 0 Å². The minimum Gasteiger partial charge on any atom is -0.340 e. The number of nitriles is 1. The van der Waals surface area contributed by atoms with Crippen molar-refractivity contribution in [1.29, 1.82) is 5.26 Å². The van der Waals surface area contributed by atoms with Crippen molar-refractivity contribution >= 4 is 22.3 Å². The van der Waals surface area contributed by atoms with E-state index in [-0.39, 0.29) is 0 Å². The van der Waals surface area contributed by atoms with Gasteiger partial charge in [-0.05, 0) is 35.0 Å². The van der Waals surface area contributed by atoms with Gasteiger partial charge in [-0.3, -0.25) is 0 Å². The Morgan fingerprint density at radius 2 is 1.74 bits per heavy atom. The molecule has 2 aromatic carbocycles. The molecule has 90 valence electrons. The van der Waals surface area contributed by atoms with Crippen LogP contribution in [0.1, 0.15) is 5.69 Å². The summed E-state index contributed by atoms with van der Waals surface area (Å²) in [4.78, 5) is 4.19. The summed E-state index contributed by atoms with van der Waals surface area (Å²) in [6, 6.07) is 21.7. The summed E-state index contributed by atoms with van der Waals surface area (Å²) in [5, 5.41) is 14.4. The molecule has 3 rings (SSSR count). The number of aromatic nitrogens is 1. The molecule has 19 heavy (non-hydrogen) atoms. The smallest absolute Gasteiger partial charge is 0.142 e. The highest BCUT2D eigenvalue weighted by Crippen LogP contribution is 2.21. The van der Waals surface area contributed by atoms with Crippen LogP contribution < -0.4 is 5.32 Å². The van der Waals surface area contributed by atoms with E-state index in [1.165, 1.54) is 10.8 Å². The molecule has 0 atom stereocenters. The predicted octanol–water partition coefficient (Wildman–Crippen LogP) is 3.85. The first-order valence-electron chi connectivity index (χ1n) is 5.98. The van der Waals surface area contributed by atoms with Gasteiger partial charge in [0.05, 0.1) is 0 Å². The standard InChI is InChI=1S/C16H11N3/c17-11-15-6-3-7-16(19-15)18-14-9-8-12-4-1-2-5-13(12)10-14/h1-10H,(H,18,19). The van der Waals surface area contributed by atoms with Crippen molar-refractivity contribution in [3.05, 3.63) is 66.4 Å². The fraction of sp³-hybridized carbons (Fsp3) is 0. The summed E-state index contributed by atoms with van der Waals surface area (Å²) in [6.45, 7) is 0. The molecule has 0 amide bonds. The lowest BCUT2D eigenvalue weighted by Crippen LogP contribution is -1.94. The van der Waals surface area contributed by atoms with Gasteiger partial charge in [0.2, 0.25) is 0 Å². The first kappa shape index (κ1) is 11.2. The molecule has 0 spiro atoms. The molecule has 3 aromatic rings. The number of benzene rings is 2. The molecule has 1 heterocycles. The number of nitrogens with one attached hydrogen (secondary N) is 1. The average Bonchev–Trinajstić information content (AvgIpc) is 2.47. The molecular weight excluding hydrogens is 234 g/mol. The van der Waals surface area contributed by atoms with E-state index < -0.39 is 0 Å². The van der Waals surface area contributed by atoms with Gasteiger partial charge in [-0.1, -0.05) is 36.4 Å². The molecule has 0 unspecified atom stereocenters. The Balaban J connectivity index is 1.94. The van der Waals surface area contributed by atoms with Crippen LogP contribution in [0.15, 0.2) is 60.7 Å². The van der Waals surface area contributed by atoms with Crippen LogP contribution >= 0.6 is 0 Å². The normalized spacial score (nSPS) is 10.1. The molecule has 0 fully saturated rings. The number of pyridine rings is 1. The fourth-order valence-corrected chi connectivity index (χ4v) is 1.98. The maximum Gasteiger partial charge on any atom is 0.142 e. The average molecular weight is 245 g/mol. The Morgan fingerprint density at radius 1 is 0.895 bits per heavy atom. The van der Waals surface area contributed by atoms with Gasteiger partial charge >= 0.3 is 0 Å². The Kier molecular flexibility index (Phi) is 2.83. The second kappa shape index (κ2) is 4.79. The van der Waals surface area contributed by atoms with E-state index in [2.05, 4.69) is 34.6 Å². The molecule has 1 aromatic heterocycles. The van der Waals surface area contributed by atoms with Gasteiger partial charge in [0.25, 0.3) is 0 Å². The molecule has 0 bridgehead atoms. The van der Waals surface area contributed by atoms with Crippen LogP contribution in [0.5, 0.6) is 0 Å². The van der Waals surface area contributed by atoms with Crippen molar-refractivity contribution in [2.75, 3.05) is 5.32 Å². The Hall–Kier alpha value is -2.86. The zero-order valence-corrected chi connectivity index (χ0v) is 10.2. The highest BCUT2D eigenvalue weighted by Gasteiger charge is 1.99. The zero-order chi connectivity index (χ0) is 13.1. The van der Waals surface area contributed by atoms with E-state index in [0.29, 0.717) is 11.5 Å². The summed E-state index contributed by atoms with van der Waals surface area (Å²) in [7, 11) is 0. The van der Waals surface area contributed by atoms with Crippen LogP contribution in [0.4, 0.5) is 11.5 Å². The van der Waals surface area contributed by atoms with Crippen LogP contribution in [0, 0.1) is 11.3 Å². The van der Waals surface area contributed by atoms with Crippen molar-refractivity contribution in [1.82, 2.24) is 4.98 Å². The Morgan fingerprint density at radius 3 is 2.58 bits per heavy atom. The summed E-state index contributed by atoms with van der Waals surface area (Å²) in [5.41, 5.74) is 1.37. The third-order valence-electron chi connectivity index (χ3n) is 2.89. The third-order valence-corrected chi connectivity index (χ3v) is 2.89. The highest BCUT2D eigenvalue weighted by molar-refractivity contribution is 5.86. The third kappa shape index (κ3) is 2.38. The SMILES string of the molecule is N#Cc1cccc(Nc2ccc3ccccc3c2)n1. The van der Waals surface area contributed by atoms with Crippen molar-refractivity contribution < 1.29 is 0 Å². The minimum atomic E-state index is 0.408. The Labute approximate surface area is 111 Å². The number of anilines is 2. The summed E-state index contributed by atoms with van der Waals surface area (Å²) >= 11 is 0. The van der Waals surface area contributed by atoms with Crippen molar-refractivity contribution in [2.24, 2.45) is 0 Å². The lowest BCUT2D eigenvalue weighted by Gasteiger charge is -2.07. The van der Waals surface area contributed by atoms with Gasteiger partial charge in [-0.25, -0.2) is 4.98 Å². The minimum absolute atomic E-state index is 0.408. The van der Waals surface area contributed by atoms with Crippen molar-refractivity contribution in [3.63, 3.8) is 0 Å². The van der Waals surface area contributed by atoms with Crippen LogP contribution in [0.25, 0.3) is 10.8 Å². The molecule has 3 nitrogen and oxygen atoms in total. The van der Waals surface area contributed by atoms with Gasteiger partial charge in [-0.15, -0.1) is 0 Å². The molecule has 3 heteroatoms. The van der Waals surface area contributed by atoms with E-state index in [9.17, 15) is 0 Å². The first-order chi connectivity index (χ1) is 9.35. The van der Waals surface area contributed by atoms with Gasteiger partial charge in [0.1, 0.15) is 17.6 Å².